The molecule has 33 heavy (non-hydrogen) atoms. The van der Waals surface area contributed by atoms with Gasteiger partial charge in [0.2, 0.25) is 0 Å². The van der Waals surface area contributed by atoms with E-state index in [1.54, 1.807) is 19.5 Å². The number of pyridine rings is 2. The molecule has 176 valence electrons. The van der Waals surface area contributed by atoms with Crippen molar-refractivity contribution in [3.63, 3.8) is 0 Å². The summed E-state index contributed by atoms with van der Waals surface area (Å²) in [4.78, 5) is 8.83. The van der Waals surface area contributed by atoms with E-state index in [1.807, 2.05) is 12.1 Å². The van der Waals surface area contributed by atoms with Crippen LogP contribution in [0.25, 0.3) is 11.1 Å². The smallest absolute Gasteiger partial charge is 0.152 e. The van der Waals surface area contributed by atoms with Crippen LogP contribution in [-0.2, 0) is 4.74 Å². The molecule has 2 aliphatic rings. The van der Waals surface area contributed by atoms with Gasteiger partial charge in [0.15, 0.2) is 5.15 Å². The minimum atomic E-state index is -0.275. The Morgan fingerprint density at radius 3 is 2.58 bits per heavy atom. The van der Waals surface area contributed by atoms with Gasteiger partial charge >= 0.3 is 0 Å². The predicted molar refractivity (Wildman–Crippen MR) is 133 cm³/mol. The fourth-order valence-corrected chi connectivity index (χ4v) is 4.60. The van der Waals surface area contributed by atoms with Crippen molar-refractivity contribution >= 4 is 34.7 Å². The maximum atomic E-state index is 9.32. The summed E-state index contributed by atoms with van der Waals surface area (Å²) in [6.07, 6.45) is 9.64. The number of methoxy groups -OCH3 is 1. The normalized spacial score (nSPS) is 21.3. The van der Waals surface area contributed by atoms with Gasteiger partial charge in [-0.1, -0.05) is 23.2 Å². The molecular weight excluding hydrogens is 459 g/mol. The molecule has 0 saturated heterocycles. The van der Waals surface area contributed by atoms with Crippen molar-refractivity contribution in [2.24, 2.45) is 5.41 Å². The van der Waals surface area contributed by atoms with Gasteiger partial charge in [-0.05, 0) is 50.7 Å². The van der Waals surface area contributed by atoms with Crippen LogP contribution in [-0.4, -0.2) is 48.9 Å². The summed E-state index contributed by atoms with van der Waals surface area (Å²) < 4.78 is 5.12. The monoisotopic (exact) mass is 488 g/mol. The van der Waals surface area contributed by atoms with Crippen molar-refractivity contribution in [2.75, 3.05) is 37.4 Å². The molecule has 2 aromatic heterocycles. The summed E-state index contributed by atoms with van der Waals surface area (Å²) in [6.45, 7) is 2.20. The van der Waals surface area contributed by atoms with E-state index >= 15 is 0 Å². The number of anilines is 2. The molecule has 0 aromatic carbocycles. The van der Waals surface area contributed by atoms with Crippen LogP contribution in [0.15, 0.2) is 24.5 Å². The first kappa shape index (κ1) is 24.0. The average Bonchev–Trinajstić information content (AvgIpc) is 3.62. The molecule has 7 nitrogen and oxygen atoms in total. The van der Waals surface area contributed by atoms with E-state index < -0.39 is 0 Å². The van der Waals surface area contributed by atoms with Crippen LogP contribution in [0, 0.1) is 16.7 Å². The van der Waals surface area contributed by atoms with E-state index in [9.17, 15) is 5.26 Å². The van der Waals surface area contributed by atoms with Crippen LogP contribution < -0.4 is 16.0 Å². The van der Waals surface area contributed by atoms with Crippen LogP contribution in [0.5, 0.6) is 0 Å². The van der Waals surface area contributed by atoms with Crippen molar-refractivity contribution < 1.29 is 4.74 Å². The number of nitrogens with zero attached hydrogens (tertiary/aromatic N) is 3. The minimum absolute atomic E-state index is 0.275. The lowest BCUT2D eigenvalue weighted by Gasteiger charge is -2.30. The Bertz CT molecular complexity index is 999. The molecule has 3 N–H and O–H groups in total. The molecule has 2 saturated carbocycles. The van der Waals surface area contributed by atoms with E-state index in [1.165, 1.54) is 0 Å². The fourth-order valence-electron chi connectivity index (χ4n) is 4.22. The van der Waals surface area contributed by atoms with E-state index in [4.69, 9.17) is 27.9 Å². The number of ether oxygens (including phenoxy) is 1. The molecule has 2 aromatic rings. The van der Waals surface area contributed by atoms with Crippen molar-refractivity contribution in [1.29, 1.82) is 5.26 Å². The Hall–Kier alpha value is -2.11. The van der Waals surface area contributed by atoms with Crippen LogP contribution in [0.2, 0.25) is 10.2 Å². The third-order valence-electron chi connectivity index (χ3n) is 6.53. The largest absolute Gasteiger partial charge is 0.383 e. The number of hydrogen-bond donors (Lipinski definition) is 3. The van der Waals surface area contributed by atoms with Crippen molar-refractivity contribution in [1.82, 2.24) is 15.3 Å². The Labute approximate surface area is 205 Å². The standard InChI is InChI=1S/C24H30Cl2N6O/c1-33-9-8-28-17-2-4-18(5-3-17)32-22-11-19(20(25)13-29-22)16-10-21(23(26)30-12-16)31-15-24(14-27)6-7-24/h10-13,17-18,28,31H,2-9,15H2,1H3,(H,29,32)/t17-,18-. The van der Waals surface area contributed by atoms with E-state index in [0.717, 1.165) is 68.6 Å². The first-order valence-corrected chi connectivity index (χ1v) is 12.2. The number of nitriles is 1. The highest BCUT2D eigenvalue weighted by atomic mass is 35.5. The molecule has 0 amide bonds. The highest BCUT2D eigenvalue weighted by molar-refractivity contribution is 6.33. The number of rotatable bonds is 10. The van der Waals surface area contributed by atoms with Crippen molar-refractivity contribution in [2.45, 2.75) is 50.6 Å². The zero-order valence-corrected chi connectivity index (χ0v) is 20.3. The molecule has 0 spiro atoms. The first-order valence-electron chi connectivity index (χ1n) is 11.5. The Morgan fingerprint density at radius 1 is 1.12 bits per heavy atom. The maximum Gasteiger partial charge on any atom is 0.152 e. The van der Waals surface area contributed by atoms with Gasteiger partial charge in [0.25, 0.3) is 0 Å². The molecule has 2 fully saturated rings. The Kier molecular flexibility index (Phi) is 7.92. The maximum absolute atomic E-state index is 9.32. The zero-order chi connectivity index (χ0) is 23.3. The molecule has 0 atom stereocenters. The second-order valence-corrected chi connectivity index (χ2v) is 9.76. The zero-order valence-electron chi connectivity index (χ0n) is 18.8. The summed E-state index contributed by atoms with van der Waals surface area (Å²) >= 11 is 12.8. The third-order valence-corrected chi connectivity index (χ3v) is 7.13. The summed E-state index contributed by atoms with van der Waals surface area (Å²) in [6, 6.07) is 7.22. The molecule has 0 radical (unpaired) electrons. The van der Waals surface area contributed by atoms with Gasteiger partial charge < -0.3 is 20.7 Å². The summed E-state index contributed by atoms with van der Waals surface area (Å²) in [5.41, 5.74) is 2.13. The average molecular weight is 489 g/mol. The summed E-state index contributed by atoms with van der Waals surface area (Å²) in [5.74, 6) is 0.802. The Balaban J connectivity index is 1.40. The van der Waals surface area contributed by atoms with Crippen molar-refractivity contribution in [3.05, 3.63) is 34.7 Å². The molecule has 9 heteroatoms. The SMILES string of the molecule is COCCN[C@H]1CC[C@H](Nc2cc(-c3cnc(Cl)c(NCC4(C#N)CC4)c3)c(Cl)cn2)CC1. The van der Waals surface area contributed by atoms with Gasteiger partial charge in [0, 0.05) is 55.8 Å². The molecule has 0 bridgehead atoms. The molecule has 2 heterocycles. The van der Waals surface area contributed by atoms with Gasteiger partial charge in [-0.25, -0.2) is 9.97 Å². The second-order valence-electron chi connectivity index (χ2n) is 9.00. The van der Waals surface area contributed by atoms with Crippen LogP contribution in [0.4, 0.5) is 11.5 Å². The van der Waals surface area contributed by atoms with E-state index in [0.29, 0.717) is 34.5 Å². The number of nitrogens with one attached hydrogen (secondary N) is 3. The molecule has 2 aliphatic carbocycles. The topological polar surface area (TPSA) is 94.9 Å². The quantitative estimate of drug-likeness (QED) is 0.315. The lowest BCUT2D eigenvalue weighted by atomic mass is 9.91. The highest BCUT2D eigenvalue weighted by Crippen LogP contribution is 2.45. The van der Waals surface area contributed by atoms with Crippen LogP contribution in [0.1, 0.15) is 38.5 Å². The predicted octanol–water partition coefficient (Wildman–Crippen LogP) is 5.13. The highest BCUT2D eigenvalue weighted by Gasteiger charge is 2.43. The Morgan fingerprint density at radius 2 is 1.88 bits per heavy atom. The third kappa shape index (κ3) is 6.27. The van der Waals surface area contributed by atoms with Crippen LogP contribution >= 0.6 is 23.2 Å². The molecule has 4 rings (SSSR count). The second kappa shape index (κ2) is 10.9. The minimum Gasteiger partial charge on any atom is -0.383 e. The molecule has 0 unspecified atom stereocenters. The number of halogens is 2. The molecular formula is C24H30Cl2N6O. The number of hydrogen-bond acceptors (Lipinski definition) is 7. The van der Waals surface area contributed by atoms with Crippen LogP contribution in [0.3, 0.4) is 0 Å². The fraction of sp³-hybridized carbons (Fsp3) is 0.542. The van der Waals surface area contributed by atoms with Gasteiger partial charge in [-0.2, -0.15) is 5.26 Å². The lowest BCUT2D eigenvalue weighted by Crippen LogP contribution is -2.38. The van der Waals surface area contributed by atoms with E-state index in [-0.39, 0.29) is 5.41 Å². The van der Waals surface area contributed by atoms with Gasteiger partial charge in [0.1, 0.15) is 5.82 Å². The number of aromatic nitrogens is 2. The van der Waals surface area contributed by atoms with Gasteiger partial charge in [0.05, 0.1) is 28.8 Å². The van der Waals surface area contributed by atoms with Crippen molar-refractivity contribution in [3.8, 4) is 17.2 Å². The van der Waals surface area contributed by atoms with Gasteiger partial charge in [-0.15, -0.1) is 0 Å². The summed E-state index contributed by atoms with van der Waals surface area (Å²) in [5, 5.41) is 20.7. The summed E-state index contributed by atoms with van der Waals surface area (Å²) in [7, 11) is 1.73. The van der Waals surface area contributed by atoms with Gasteiger partial charge in [-0.3, -0.25) is 0 Å². The lowest BCUT2D eigenvalue weighted by molar-refractivity contribution is 0.191. The first-order chi connectivity index (χ1) is 16.0. The van der Waals surface area contributed by atoms with E-state index in [2.05, 4.69) is 32.0 Å². The molecule has 0 aliphatic heterocycles.